The Balaban J connectivity index is 1.23. The molecule has 1 N–H and O–H groups in total. The SMILES string of the molecule is COCC(=O)Nc1ccc2c(c1)C(=O)N(C)[C@@H]1CC[C@H](CC(=O)N3CCc4ccccc4C3)O[C@H]1CO2. The van der Waals surface area contributed by atoms with Crippen LogP contribution in [0.2, 0.25) is 0 Å². The van der Waals surface area contributed by atoms with Crippen molar-refractivity contribution in [1.29, 1.82) is 0 Å². The topological polar surface area (TPSA) is 97.4 Å². The first-order chi connectivity index (χ1) is 17.9. The highest BCUT2D eigenvalue weighted by atomic mass is 16.5. The summed E-state index contributed by atoms with van der Waals surface area (Å²) in [5.41, 5.74) is 3.41. The summed E-state index contributed by atoms with van der Waals surface area (Å²) in [5, 5.41) is 2.73. The molecule has 9 nitrogen and oxygen atoms in total. The lowest BCUT2D eigenvalue weighted by Crippen LogP contribution is -2.54. The summed E-state index contributed by atoms with van der Waals surface area (Å²) >= 11 is 0. The minimum atomic E-state index is -0.336. The Morgan fingerprint density at radius 2 is 1.95 bits per heavy atom. The number of amides is 3. The summed E-state index contributed by atoms with van der Waals surface area (Å²) in [4.78, 5) is 42.0. The van der Waals surface area contributed by atoms with Crippen LogP contribution < -0.4 is 10.1 Å². The number of nitrogens with zero attached hydrogens (tertiary/aromatic N) is 2. The number of hydrogen-bond donors (Lipinski definition) is 1. The highest BCUT2D eigenvalue weighted by Crippen LogP contribution is 2.33. The van der Waals surface area contributed by atoms with E-state index >= 15 is 0 Å². The molecule has 37 heavy (non-hydrogen) atoms. The number of likely N-dealkylation sites (N-methyl/N-ethyl adjacent to an activating group) is 1. The summed E-state index contributed by atoms with van der Waals surface area (Å²) in [5.74, 6) is 0.0409. The van der Waals surface area contributed by atoms with Gasteiger partial charge in [-0.25, -0.2) is 0 Å². The smallest absolute Gasteiger partial charge is 0.257 e. The molecule has 3 heterocycles. The molecule has 9 heteroatoms. The molecule has 3 aliphatic heterocycles. The van der Waals surface area contributed by atoms with Gasteiger partial charge in [0.25, 0.3) is 5.91 Å². The highest BCUT2D eigenvalue weighted by molar-refractivity contribution is 6.00. The molecule has 0 radical (unpaired) electrons. The van der Waals surface area contributed by atoms with Gasteiger partial charge in [0, 0.05) is 32.9 Å². The van der Waals surface area contributed by atoms with Crippen LogP contribution in [0.3, 0.4) is 0 Å². The van der Waals surface area contributed by atoms with Gasteiger partial charge in [0.15, 0.2) is 0 Å². The van der Waals surface area contributed by atoms with Crippen LogP contribution in [0.4, 0.5) is 5.69 Å². The second kappa shape index (κ2) is 10.9. The lowest BCUT2D eigenvalue weighted by molar-refractivity contribution is -0.143. The first kappa shape index (κ1) is 25.2. The van der Waals surface area contributed by atoms with Crippen molar-refractivity contribution in [2.45, 2.75) is 50.5 Å². The second-order valence-electron chi connectivity index (χ2n) is 9.90. The molecular weight excluding hydrogens is 474 g/mol. The van der Waals surface area contributed by atoms with Crippen molar-refractivity contribution in [2.75, 3.05) is 39.2 Å². The summed E-state index contributed by atoms with van der Waals surface area (Å²) in [6.07, 6.45) is 2.05. The van der Waals surface area contributed by atoms with Crippen LogP contribution in [-0.2, 0) is 32.0 Å². The van der Waals surface area contributed by atoms with Crippen LogP contribution in [-0.4, -0.2) is 79.7 Å². The molecular formula is C28H33N3O6. The maximum absolute atomic E-state index is 13.4. The van der Waals surface area contributed by atoms with Crippen molar-refractivity contribution in [3.8, 4) is 5.75 Å². The van der Waals surface area contributed by atoms with Crippen molar-refractivity contribution in [3.63, 3.8) is 0 Å². The first-order valence-electron chi connectivity index (χ1n) is 12.8. The molecule has 1 fully saturated rings. The van der Waals surface area contributed by atoms with Gasteiger partial charge in [0.1, 0.15) is 25.1 Å². The van der Waals surface area contributed by atoms with Crippen LogP contribution in [0, 0.1) is 0 Å². The van der Waals surface area contributed by atoms with E-state index in [4.69, 9.17) is 14.2 Å². The fourth-order valence-corrected chi connectivity index (χ4v) is 5.47. The molecule has 3 amide bonds. The van der Waals surface area contributed by atoms with Crippen molar-refractivity contribution in [3.05, 3.63) is 59.2 Å². The predicted molar refractivity (Wildman–Crippen MR) is 136 cm³/mol. The van der Waals surface area contributed by atoms with Crippen molar-refractivity contribution >= 4 is 23.4 Å². The lowest BCUT2D eigenvalue weighted by Gasteiger charge is -2.42. The highest BCUT2D eigenvalue weighted by Gasteiger charge is 2.39. The normalized spacial score (nSPS) is 23.1. The number of carbonyl (C=O) groups excluding carboxylic acids is 3. The number of rotatable bonds is 5. The third kappa shape index (κ3) is 5.47. The zero-order valence-electron chi connectivity index (χ0n) is 21.3. The van der Waals surface area contributed by atoms with E-state index < -0.39 is 0 Å². The predicted octanol–water partition coefficient (Wildman–Crippen LogP) is 2.63. The van der Waals surface area contributed by atoms with E-state index in [9.17, 15) is 14.4 Å². The largest absolute Gasteiger partial charge is 0.490 e. The minimum absolute atomic E-state index is 0.0722. The zero-order chi connectivity index (χ0) is 25.9. The quantitative estimate of drug-likeness (QED) is 0.668. The summed E-state index contributed by atoms with van der Waals surface area (Å²) in [7, 11) is 3.22. The summed E-state index contributed by atoms with van der Waals surface area (Å²) < 4.78 is 17.2. The Morgan fingerprint density at radius 3 is 2.76 bits per heavy atom. The first-order valence-corrected chi connectivity index (χ1v) is 12.8. The van der Waals surface area contributed by atoms with Gasteiger partial charge in [-0.15, -0.1) is 0 Å². The van der Waals surface area contributed by atoms with E-state index in [2.05, 4.69) is 17.4 Å². The van der Waals surface area contributed by atoms with Gasteiger partial charge >= 0.3 is 0 Å². The molecule has 3 aliphatic rings. The Bertz CT molecular complexity index is 1180. The number of nitrogens with one attached hydrogen (secondary N) is 1. The minimum Gasteiger partial charge on any atom is -0.490 e. The second-order valence-corrected chi connectivity index (χ2v) is 9.90. The molecule has 196 valence electrons. The Labute approximate surface area is 216 Å². The fourth-order valence-electron chi connectivity index (χ4n) is 5.47. The third-order valence-electron chi connectivity index (χ3n) is 7.46. The van der Waals surface area contributed by atoms with Gasteiger partial charge in [-0.2, -0.15) is 0 Å². The molecule has 5 rings (SSSR count). The van der Waals surface area contributed by atoms with Crippen molar-refractivity contribution in [2.24, 2.45) is 0 Å². The van der Waals surface area contributed by atoms with Crippen molar-refractivity contribution in [1.82, 2.24) is 9.80 Å². The van der Waals surface area contributed by atoms with E-state index in [1.165, 1.54) is 18.2 Å². The number of carbonyl (C=O) groups is 3. The van der Waals surface area contributed by atoms with Crippen LogP contribution in [0.25, 0.3) is 0 Å². The molecule has 0 aromatic heterocycles. The fraction of sp³-hybridized carbons (Fsp3) is 0.464. The molecule has 0 spiro atoms. The number of anilines is 1. The summed E-state index contributed by atoms with van der Waals surface area (Å²) in [6, 6.07) is 13.1. The van der Waals surface area contributed by atoms with Crippen LogP contribution in [0.5, 0.6) is 5.75 Å². The molecule has 2 aromatic carbocycles. The van der Waals surface area contributed by atoms with Gasteiger partial charge in [0.05, 0.1) is 24.1 Å². The average Bonchev–Trinajstić information content (AvgIpc) is 2.91. The number of methoxy groups -OCH3 is 1. The number of hydrogen-bond acceptors (Lipinski definition) is 6. The van der Waals surface area contributed by atoms with E-state index in [-0.39, 0.29) is 49.2 Å². The molecule has 0 unspecified atom stereocenters. The standard InChI is InChI=1S/C28H33N3O6/c1-30-23-9-8-21(14-27(33)31-12-11-18-5-3-4-6-19(18)15-31)37-25(23)16-36-24-10-7-20(13-22(24)28(30)34)29-26(32)17-35-2/h3-7,10,13,21,23,25H,8-9,11-12,14-17H2,1-2H3,(H,29,32)/t21-,23-,25+/m1/s1. The number of benzene rings is 2. The Morgan fingerprint density at radius 1 is 1.14 bits per heavy atom. The molecule has 2 aromatic rings. The molecule has 1 saturated heterocycles. The maximum atomic E-state index is 13.4. The van der Waals surface area contributed by atoms with Gasteiger partial charge in [0.2, 0.25) is 11.8 Å². The Hall–Kier alpha value is -3.43. The molecule has 3 atom stereocenters. The van der Waals surface area contributed by atoms with Crippen LogP contribution in [0.15, 0.2) is 42.5 Å². The molecule has 0 bridgehead atoms. The maximum Gasteiger partial charge on any atom is 0.257 e. The monoisotopic (exact) mass is 507 g/mol. The van der Waals surface area contributed by atoms with E-state index in [0.29, 0.717) is 36.4 Å². The van der Waals surface area contributed by atoms with Gasteiger partial charge in [-0.05, 0) is 48.6 Å². The van der Waals surface area contributed by atoms with E-state index in [0.717, 1.165) is 19.4 Å². The van der Waals surface area contributed by atoms with Gasteiger partial charge in [-0.3, -0.25) is 14.4 Å². The molecule has 0 aliphatic carbocycles. The number of fused-ring (bicyclic) bond motifs is 3. The van der Waals surface area contributed by atoms with Gasteiger partial charge in [-0.1, -0.05) is 24.3 Å². The van der Waals surface area contributed by atoms with Crippen LogP contribution >= 0.6 is 0 Å². The van der Waals surface area contributed by atoms with Gasteiger partial charge < -0.3 is 29.3 Å². The Kier molecular flexibility index (Phi) is 7.43. The zero-order valence-corrected chi connectivity index (χ0v) is 21.3. The number of ether oxygens (including phenoxy) is 3. The van der Waals surface area contributed by atoms with E-state index in [1.54, 1.807) is 30.1 Å². The lowest BCUT2D eigenvalue weighted by atomic mass is 9.94. The van der Waals surface area contributed by atoms with Crippen molar-refractivity contribution < 1.29 is 28.6 Å². The van der Waals surface area contributed by atoms with Crippen LogP contribution in [0.1, 0.15) is 40.7 Å². The average molecular weight is 508 g/mol. The van der Waals surface area contributed by atoms with E-state index in [1.807, 2.05) is 17.0 Å². The summed E-state index contributed by atoms with van der Waals surface area (Å²) in [6.45, 7) is 1.56. The third-order valence-corrected chi connectivity index (χ3v) is 7.46. The molecule has 0 saturated carbocycles.